The van der Waals surface area contributed by atoms with Crippen LogP contribution in [0.2, 0.25) is 0 Å². The Bertz CT molecular complexity index is 911. The van der Waals surface area contributed by atoms with E-state index in [1.165, 1.54) is 25.0 Å². The predicted octanol–water partition coefficient (Wildman–Crippen LogP) is 5.99. The summed E-state index contributed by atoms with van der Waals surface area (Å²) >= 11 is 0. The first-order valence-electron chi connectivity index (χ1n) is 11.8. The Kier molecular flexibility index (Phi) is 8.57. The quantitative estimate of drug-likeness (QED) is 0.483. The number of nitrogens with one attached hydrogen (secondary N) is 1. The molecule has 0 bridgehead atoms. The Hall–Kier alpha value is -2.53. The molecule has 1 aromatic rings. The van der Waals surface area contributed by atoms with Gasteiger partial charge in [-0.25, -0.2) is 9.38 Å². The first-order chi connectivity index (χ1) is 15.4. The molecule has 172 valence electrons. The minimum Gasteiger partial charge on any atom is -0.368 e. The number of nitrogens with zero attached hydrogens (tertiary/aromatic N) is 3. The molecule has 1 saturated heterocycles. The van der Waals surface area contributed by atoms with Crippen LogP contribution in [0.25, 0.3) is 5.70 Å². The zero-order valence-electron chi connectivity index (χ0n) is 20.0. The lowest BCUT2D eigenvalue weighted by atomic mass is 9.92. The second-order valence-corrected chi connectivity index (χ2v) is 8.80. The molecule has 0 atom stereocenters. The van der Waals surface area contributed by atoms with Gasteiger partial charge in [0.05, 0.1) is 11.4 Å². The van der Waals surface area contributed by atoms with E-state index in [9.17, 15) is 4.39 Å². The monoisotopic (exact) mass is 436 g/mol. The number of rotatable bonds is 9. The van der Waals surface area contributed by atoms with Crippen molar-refractivity contribution in [2.24, 2.45) is 15.9 Å². The third-order valence-corrected chi connectivity index (χ3v) is 6.30. The van der Waals surface area contributed by atoms with Gasteiger partial charge in [0.2, 0.25) is 0 Å². The predicted molar refractivity (Wildman–Crippen MR) is 134 cm³/mol. The molecule has 32 heavy (non-hydrogen) atoms. The molecular weight excluding hydrogens is 399 g/mol. The molecule has 4 nitrogen and oxygen atoms in total. The summed E-state index contributed by atoms with van der Waals surface area (Å²) in [5, 5.41) is 3.36. The standard InChI is InChI=1S/C27H37FN4/c1-6-8-26(31-21(5)30-25-13-14-25)19(3)27(23-9-11-24(28)12-10-23)29-20(4)22-15-17-32(7-2)18-16-22/h6,8-12,22,25,30H,5,7,13-18H2,1-4H3/b8-6-,27-19+,29-20?,31-26+. The summed E-state index contributed by atoms with van der Waals surface area (Å²) in [6.07, 6.45) is 8.55. The average molecular weight is 437 g/mol. The molecule has 1 aliphatic heterocycles. The van der Waals surface area contributed by atoms with E-state index in [-0.39, 0.29) is 5.82 Å². The van der Waals surface area contributed by atoms with Crippen molar-refractivity contribution in [2.75, 3.05) is 19.6 Å². The molecule has 3 rings (SSSR count). The number of hydrogen-bond donors (Lipinski definition) is 1. The maximum Gasteiger partial charge on any atom is 0.123 e. The lowest BCUT2D eigenvalue weighted by molar-refractivity contribution is 0.219. The maximum atomic E-state index is 13.6. The van der Waals surface area contributed by atoms with Crippen molar-refractivity contribution in [1.29, 1.82) is 0 Å². The molecule has 0 radical (unpaired) electrons. The Balaban J connectivity index is 1.98. The van der Waals surface area contributed by atoms with E-state index >= 15 is 0 Å². The van der Waals surface area contributed by atoms with Crippen molar-refractivity contribution in [3.05, 3.63) is 65.8 Å². The Morgan fingerprint density at radius 2 is 1.78 bits per heavy atom. The van der Waals surface area contributed by atoms with E-state index in [4.69, 9.17) is 9.98 Å². The van der Waals surface area contributed by atoms with Crippen molar-refractivity contribution in [2.45, 2.75) is 59.4 Å². The summed E-state index contributed by atoms with van der Waals surface area (Å²) in [6.45, 7) is 15.8. The Morgan fingerprint density at radius 3 is 2.34 bits per heavy atom. The van der Waals surface area contributed by atoms with E-state index in [2.05, 4.69) is 30.6 Å². The molecule has 0 unspecified atom stereocenters. The zero-order valence-corrected chi connectivity index (χ0v) is 20.0. The molecule has 0 amide bonds. The van der Waals surface area contributed by atoms with Crippen LogP contribution in [-0.2, 0) is 0 Å². The van der Waals surface area contributed by atoms with Crippen LogP contribution in [0.5, 0.6) is 0 Å². The maximum absolute atomic E-state index is 13.6. The van der Waals surface area contributed by atoms with Gasteiger partial charge in [-0.3, -0.25) is 4.99 Å². The number of likely N-dealkylation sites (tertiary alicyclic amines) is 1. The molecule has 2 fully saturated rings. The lowest BCUT2D eigenvalue weighted by Crippen LogP contribution is -2.35. The van der Waals surface area contributed by atoms with Crippen LogP contribution in [0.1, 0.15) is 58.9 Å². The first kappa shape index (κ1) is 24.1. The fourth-order valence-electron chi connectivity index (χ4n) is 4.07. The minimum absolute atomic E-state index is 0.247. The summed E-state index contributed by atoms with van der Waals surface area (Å²) in [7, 11) is 0. The van der Waals surface area contributed by atoms with E-state index < -0.39 is 0 Å². The normalized spacial score (nSPS) is 19.9. The largest absolute Gasteiger partial charge is 0.368 e. The summed E-state index contributed by atoms with van der Waals surface area (Å²) in [5.41, 5.74) is 4.65. The van der Waals surface area contributed by atoms with Gasteiger partial charge in [0, 0.05) is 22.9 Å². The second kappa shape index (κ2) is 11.4. The fraction of sp³-hybridized carbons (Fsp3) is 0.481. The van der Waals surface area contributed by atoms with Crippen LogP contribution in [0.15, 0.2) is 64.4 Å². The smallest absolute Gasteiger partial charge is 0.123 e. The van der Waals surface area contributed by atoms with Crippen LogP contribution in [0, 0.1) is 11.7 Å². The summed E-state index contributed by atoms with van der Waals surface area (Å²) in [4.78, 5) is 12.4. The fourth-order valence-corrected chi connectivity index (χ4v) is 4.07. The molecule has 1 saturated carbocycles. The van der Waals surface area contributed by atoms with Gasteiger partial charge in [0.25, 0.3) is 0 Å². The van der Waals surface area contributed by atoms with Gasteiger partial charge in [0.15, 0.2) is 0 Å². The first-order valence-corrected chi connectivity index (χ1v) is 11.8. The van der Waals surface area contributed by atoms with Crippen LogP contribution in [0.3, 0.4) is 0 Å². The minimum atomic E-state index is -0.247. The number of hydrogen-bond acceptors (Lipinski definition) is 4. The third-order valence-electron chi connectivity index (χ3n) is 6.30. The van der Waals surface area contributed by atoms with Crippen molar-refractivity contribution < 1.29 is 4.39 Å². The van der Waals surface area contributed by atoms with Crippen LogP contribution in [-0.4, -0.2) is 42.0 Å². The topological polar surface area (TPSA) is 40.0 Å². The highest BCUT2D eigenvalue weighted by atomic mass is 19.1. The molecule has 0 aromatic heterocycles. The molecular formula is C27H37FN4. The van der Waals surface area contributed by atoms with Crippen LogP contribution >= 0.6 is 0 Å². The number of aliphatic imine (C=N–C) groups is 2. The molecule has 1 heterocycles. The van der Waals surface area contributed by atoms with E-state index in [1.807, 2.05) is 26.0 Å². The zero-order chi connectivity index (χ0) is 23.1. The van der Waals surface area contributed by atoms with Crippen molar-refractivity contribution >= 4 is 17.1 Å². The molecule has 1 N–H and O–H groups in total. The van der Waals surface area contributed by atoms with Gasteiger partial charge >= 0.3 is 0 Å². The molecule has 5 heteroatoms. The van der Waals surface area contributed by atoms with Gasteiger partial charge in [-0.2, -0.15) is 0 Å². The highest BCUT2D eigenvalue weighted by Gasteiger charge is 2.22. The van der Waals surface area contributed by atoms with Gasteiger partial charge < -0.3 is 10.2 Å². The van der Waals surface area contributed by atoms with Crippen molar-refractivity contribution in [3.8, 4) is 0 Å². The number of allylic oxidation sites excluding steroid dienone is 3. The van der Waals surface area contributed by atoms with Crippen molar-refractivity contribution in [3.63, 3.8) is 0 Å². The van der Waals surface area contributed by atoms with Gasteiger partial charge in [-0.05, 0) is 102 Å². The van der Waals surface area contributed by atoms with Gasteiger partial charge in [-0.15, -0.1) is 0 Å². The summed E-state index contributed by atoms with van der Waals surface area (Å²) in [5.74, 6) is 0.892. The number of benzene rings is 1. The molecule has 1 aromatic carbocycles. The number of piperidine rings is 1. The van der Waals surface area contributed by atoms with Gasteiger partial charge in [-0.1, -0.05) is 19.6 Å². The van der Waals surface area contributed by atoms with Crippen LogP contribution < -0.4 is 5.32 Å². The van der Waals surface area contributed by atoms with Crippen molar-refractivity contribution in [1.82, 2.24) is 10.2 Å². The van der Waals surface area contributed by atoms with Crippen LogP contribution in [0.4, 0.5) is 4.39 Å². The average Bonchev–Trinajstić information content (AvgIpc) is 3.61. The lowest BCUT2D eigenvalue weighted by Gasteiger charge is -2.31. The highest BCUT2D eigenvalue weighted by Crippen LogP contribution is 2.27. The van der Waals surface area contributed by atoms with E-state index in [1.54, 1.807) is 12.1 Å². The Morgan fingerprint density at radius 1 is 1.12 bits per heavy atom. The van der Waals surface area contributed by atoms with Gasteiger partial charge in [0.1, 0.15) is 11.6 Å². The molecule has 0 spiro atoms. The summed E-state index contributed by atoms with van der Waals surface area (Å²) in [6, 6.07) is 7.08. The van der Waals surface area contributed by atoms with E-state index in [0.29, 0.717) is 17.8 Å². The summed E-state index contributed by atoms with van der Waals surface area (Å²) < 4.78 is 13.6. The highest BCUT2D eigenvalue weighted by molar-refractivity contribution is 6.13. The second-order valence-electron chi connectivity index (χ2n) is 8.80. The SMILES string of the molecule is C=C(/N=C(\C=C/C)C(/C)=C(/N=C(C)C1CCN(CC)CC1)c1ccc(F)cc1)NC1CC1. The third kappa shape index (κ3) is 6.73. The molecule has 2 aliphatic rings. The molecule has 1 aliphatic carbocycles. The number of halogens is 1. The van der Waals surface area contributed by atoms with E-state index in [0.717, 1.165) is 60.7 Å². The Labute approximate surface area is 192 Å².